The average molecular weight is 337 g/mol. The highest BCUT2D eigenvalue weighted by Gasteiger charge is 2.08. The highest BCUT2D eigenvalue weighted by Crippen LogP contribution is 2.38. The molecule has 0 aliphatic rings. The molecule has 0 N–H and O–H groups in total. The van der Waals surface area contributed by atoms with Gasteiger partial charge >= 0.3 is 0 Å². The van der Waals surface area contributed by atoms with E-state index in [0.29, 0.717) is 0 Å². The van der Waals surface area contributed by atoms with Gasteiger partial charge in [-0.05, 0) is 53.4 Å². The number of thiophene rings is 2. The lowest BCUT2D eigenvalue weighted by Gasteiger charge is -1.94. The molecule has 2 heterocycles. The van der Waals surface area contributed by atoms with Crippen molar-refractivity contribution in [1.82, 2.24) is 0 Å². The lowest BCUT2D eigenvalue weighted by atomic mass is 10.1. The standard InChI is InChI=1S/C21H20S2/c1-2-3-5-10-18-11-16-12-21-17(14-20(16)22-18)13-19(23-21)15-8-6-4-7-9-15/h4,6-9,11-14H,2-3,5,10H2,1H3. The second-order valence-electron chi connectivity index (χ2n) is 6.07. The SMILES string of the molecule is CCCCCc1cc2cc3sc(-c4ccccc4)cc3cc2s1. The van der Waals surface area contributed by atoms with Gasteiger partial charge in [0.2, 0.25) is 0 Å². The zero-order valence-corrected chi connectivity index (χ0v) is 15.0. The summed E-state index contributed by atoms with van der Waals surface area (Å²) in [6.45, 7) is 2.27. The van der Waals surface area contributed by atoms with Crippen LogP contribution in [0.25, 0.3) is 30.6 Å². The lowest BCUT2D eigenvalue weighted by Crippen LogP contribution is -1.78. The van der Waals surface area contributed by atoms with Crippen LogP contribution in [-0.4, -0.2) is 0 Å². The van der Waals surface area contributed by atoms with Gasteiger partial charge < -0.3 is 0 Å². The van der Waals surface area contributed by atoms with Crippen molar-refractivity contribution in [2.75, 3.05) is 0 Å². The first kappa shape index (κ1) is 14.9. The van der Waals surface area contributed by atoms with E-state index >= 15 is 0 Å². The van der Waals surface area contributed by atoms with Gasteiger partial charge in [-0.15, -0.1) is 22.7 Å². The Morgan fingerprint density at radius 2 is 1.52 bits per heavy atom. The molecule has 0 radical (unpaired) electrons. The highest BCUT2D eigenvalue weighted by atomic mass is 32.1. The van der Waals surface area contributed by atoms with Crippen LogP contribution in [0.3, 0.4) is 0 Å². The van der Waals surface area contributed by atoms with Gasteiger partial charge in [-0.1, -0.05) is 50.1 Å². The molecule has 0 saturated heterocycles. The first-order chi connectivity index (χ1) is 11.3. The quantitative estimate of drug-likeness (QED) is 0.331. The third-order valence-corrected chi connectivity index (χ3v) is 6.60. The van der Waals surface area contributed by atoms with Crippen molar-refractivity contribution in [1.29, 1.82) is 0 Å². The molecule has 2 heteroatoms. The minimum atomic E-state index is 1.23. The molecule has 0 atom stereocenters. The fourth-order valence-corrected chi connectivity index (χ4v) is 5.28. The Morgan fingerprint density at radius 3 is 2.30 bits per heavy atom. The van der Waals surface area contributed by atoms with E-state index < -0.39 is 0 Å². The molecule has 23 heavy (non-hydrogen) atoms. The van der Waals surface area contributed by atoms with E-state index in [2.05, 4.69) is 61.5 Å². The van der Waals surface area contributed by atoms with Crippen LogP contribution in [0.1, 0.15) is 31.1 Å². The first-order valence-electron chi connectivity index (χ1n) is 8.35. The molecule has 4 aromatic rings. The Balaban J connectivity index is 1.70. The summed E-state index contributed by atoms with van der Waals surface area (Å²) in [6, 6.07) is 20.2. The molecule has 4 rings (SSSR count). The molecule has 0 aliphatic heterocycles. The molecule has 0 fully saturated rings. The molecule has 0 unspecified atom stereocenters. The van der Waals surface area contributed by atoms with Gasteiger partial charge in [-0.3, -0.25) is 0 Å². The summed E-state index contributed by atoms with van der Waals surface area (Å²) in [6.07, 6.45) is 5.18. The normalized spacial score (nSPS) is 11.5. The zero-order chi connectivity index (χ0) is 15.6. The van der Waals surface area contributed by atoms with Crippen molar-refractivity contribution in [2.45, 2.75) is 32.6 Å². The maximum absolute atomic E-state index is 2.40. The summed E-state index contributed by atoms with van der Waals surface area (Å²) < 4.78 is 2.83. The Kier molecular flexibility index (Phi) is 4.19. The van der Waals surface area contributed by atoms with Crippen LogP contribution in [0.5, 0.6) is 0 Å². The topological polar surface area (TPSA) is 0 Å². The molecule has 0 amide bonds. The summed E-state index contributed by atoms with van der Waals surface area (Å²) in [5.41, 5.74) is 1.32. The molecule has 0 spiro atoms. The van der Waals surface area contributed by atoms with Gasteiger partial charge in [0.1, 0.15) is 0 Å². The van der Waals surface area contributed by atoms with Crippen LogP contribution in [-0.2, 0) is 6.42 Å². The van der Waals surface area contributed by atoms with Crippen molar-refractivity contribution < 1.29 is 0 Å². The van der Waals surface area contributed by atoms with E-state index in [1.807, 2.05) is 22.7 Å². The maximum atomic E-state index is 2.40. The third-order valence-electron chi connectivity index (χ3n) is 4.29. The number of fused-ring (bicyclic) bond motifs is 2. The molecular formula is C21H20S2. The predicted octanol–water partition coefficient (Wildman–Crippen LogP) is 7.52. The number of hydrogen-bond acceptors (Lipinski definition) is 2. The molecule has 2 aromatic heterocycles. The number of hydrogen-bond donors (Lipinski definition) is 0. The molecule has 2 aromatic carbocycles. The van der Waals surface area contributed by atoms with Crippen molar-refractivity contribution in [3.05, 3.63) is 59.5 Å². The summed E-state index contributed by atoms with van der Waals surface area (Å²) in [4.78, 5) is 2.90. The smallest absolute Gasteiger partial charge is 0.0356 e. The van der Waals surface area contributed by atoms with Gasteiger partial charge in [-0.2, -0.15) is 0 Å². The number of unbranched alkanes of at least 4 members (excludes halogenated alkanes) is 2. The van der Waals surface area contributed by atoms with Crippen LogP contribution in [0.4, 0.5) is 0 Å². The van der Waals surface area contributed by atoms with Crippen LogP contribution < -0.4 is 0 Å². The lowest BCUT2D eigenvalue weighted by molar-refractivity contribution is 0.723. The van der Waals surface area contributed by atoms with Gasteiger partial charge in [0.05, 0.1) is 0 Å². The fraction of sp³-hybridized carbons (Fsp3) is 0.238. The molecule has 0 bridgehead atoms. The minimum Gasteiger partial charge on any atom is -0.140 e. The minimum absolute atomic E-state index is 1.23. The Hall–Kier alpha value is -1.64. The van der Waals surface area contributed by atoms with Crippen LogP contribution in [0.15, 0.2) is 54.6 Å². The average Bonchev–Trinajstić information content (AvgIpc) is 3.16. The summed E-state index contributed by atoms with van der Waals surface area (Å²) in [5, 5.41) is 2.79. The second kappa shape index (κ2) is 6.46. The fourth-order valence-electron chi connectivity index (χ4n) is 3.04. The number of aryl methyl sites for hydroxylation is 1. The van der Waals surface area contributed by atoms with Crippen LogP contribution >= 0.6 is 22.7 Å². The first-order valence-corrected chi connectivity index (χ1v) is 9.98. The molecule has 0 aliphatic carbocycles. The summed E-state index contributed by atoms with van der Waals surface area (Å²) >= 11 is 3.87. The Morgan fingerprint density at radius 1 is 0.783 bits per heavy atom. The Bertz CT molecular complexity index is 877. The van der Waals surface area contributed by atoms with Crippen molar-refractivity contribution >= 4 is 42.8 Å². The van der Waals surface area contributed by atoms with Gasteiger partial charge in [-0.25, -0.2) is 0 Å². The maximum Gasteiger partial charge on any atom is 0.0356 e. The van der Waals surface area contributed by atoms with Gasteiger partial charge in [0, 0.05) is 19.2 Å². The highest BCUT2D eigenvalue weighted by molar-refractivity contribution is 7.23. The number of benzene rings is 2. The van der Waals surface area contributed by atoms with E-state index in [-0.39, 0.29) is 0 Å². The van der Waals surface area contributed by atoms with E-state index in [4.69, 9.17) is 0 Å². The van der Waals surface area contributed by atoms with Crippen molar-refractivity contribution in [3.63, 3.8) is 0 Å². The van der Waals surface area contributed by atoms with Crippen molar-refractivity contribution in [3.8, 4) is 10.4 Å². The second-order valence-corrected chi connectivity index (χ2v) is 8.33. The largest absolute Gasteiger partial charge is 0.140 e. The molecule has 0 saturated carbocycles. The van der Waals surface area contributed by atoms with E-state index in [9.17, 15) is 0 Å². The third kappa shape index (κ3) is 3.06. The molecule has 116 valence electrons. The zero-order valence-electron chi connectivity index (χ0n) is 13.3. The monoisotopic (exact) mass is 336 g/mol. The van der Waals surface area contributed by atoms with Crippen LogP contribution in [0, 0.1) is 0 Å². The van der Waals surface area contributed by atoms with Gasteiger partial charge in [0.25, 0.3) is 0 Å². The van der Waals surface area contributed by atoms with Crippen LogP contribution in [0.2, 0.25) is 0 Å². The van der Waals surface area contributed by atoms with Gasteiger partial charge in [0.15, 0.2) is 0 Å². The van der Waals surface area contributed by atoms with E-state index in [0.717, 1.165) is 0 Å². The van der Waals surface area contributed by atoms with E-state index in [1.165, 1.54) is 61.2 Å². The van der Waals surface area contributed by atoms with Crippen molar-refractivity contribution in [2.24, 2.45) is 0 Å². The molecular weight excluding hydrogens is 316 g/mol. The predicted molar refractivity (Wildman–Crippen MR) is 106 cm³/mol. The summed E-state index contributed by atoms with van der Waals surface area (Å²) in [7, 11) is 0. The summed E-state index contributed by atoms with van der Waals surface area (Å²) in [5.74, 6) is 0. The Labute approximate surface area is 145 Å². The number of rotatable bonds is 5. The molecule has 0 nitrogen and oxygen atoms in total. The van der Waals surface area contributed by atoms with E-state index in [1.54, 1.807) is 0 Å².